The molecule has 0 aliphatic carbocycles. The van der Waals surface area contributed by atoms with Crippen LogP contribution >= 0.6 is 0 Å². The van der Waals surface area contributed by atoms with Gasteiger partial charge in [0.15, 0.2) is 6.61 Å². The summed E-state index contributed by atoms with van der Waals surface area (Å²) in [5, 5.41) is 11.6. The van der Waals surface area contributed by atoms with Gasteiger partial charge in [0.05, 0.1) is 18.7 Å². The molecule has 1 rings (SSSR count). The molecular weight excluding hydrogens is 303 g/mol. The lowest BCUT2D eigenvalue weighted by molar-refractivity contribution is -0.125. The van der Waals surface area contributed by atoms with Crippen LogP contribution in [0.2, 0.25) is 0 Å². The first-order valence-corrected chi connectivity index (χ1v) is 6.96. The van der Waals surface area contributed by atoms with E-state index in [0.717, 1.165) is 6.07 Å². The van der Waals surface area contributed by atoms with E-state index in [0.29, 0.717) is 0 Å². The van der Waals surface area contributed by atoms with Crippen LogP contribution in [0.5, 0.6) is 5.75 Å². The maximum atomic E-state index is 13.7. The maximum Gasteiger partial charge on any atom is 0.341 e. The molecule has 1 aromatic carbocycles. The molecular formula is C16H19FN2O4. The number of methoxy groups -OCH3 is 1. The summed E-state index contributed by atoms with van der Waals surface area (Å²) in [5.74, 6) is -2.28. The van der Waals surface area contributed by atoms with Crippen molar-refractivity contribution in [2.75, 3.05) is 13.7 Å². The van der Waals surface area contributed by atoms with E-state index in [4.69, 9.17) is 14.7 Å². The van der Waals surface area contributed by atoms with Crippen molar-refractivity contribution in [3.05, 3.63) is 29.6 Å². The largest absolute Gasteiger partial charge is 0.497 e. The Morgan fingerprint density at radius 3 is 2.57 bits per heavy atom. The average molecular weight is 322 g/mol. The Hall–Kier alpha value is -2.62. The van der Waals surface area contributed by atoms with Gasteiger partial charge in [-0.3, -0.25) is 4.79 Å². The van der Waals surface area contributed by atoms with Gasteiger partial charge in [0.25, 0.3) is 5.91 Å². The van der Waals surface area contributed by atoms with Gasteiger partial charge in [-0.25, -0.2) is 9.18 Å². The fourth-order valence-corrected chi connectivity index (χ4v) is 1.62. The lowest BCUT2D eigenvalue weighted by Crippen LogP contribution is -2.50. The molecule has 1 atom stereocenters. The average Bonchev–Trinajstić information content (AvgIpc) is 2.52. The van der Waals surface area contributed by atoms with Gasteiger partial charge in [-0.1, -0.05) is 13.8 Å². The summed E-state index contributed by atoms with van der Waals surface area (Å²) in [6, 6.07) is 5.67. The molecule has 0 aromatic heterocycles. The molecule has 1 aromatic rings. The van der Waals surface area contributed by atoms with Gasteiger partial charge in [-0.15, -0.1) is 0 Å². The number of hydrogen-bond donors (Lipinski definition) is 1. The lowest BCUT2D eigenvalue weighted by Gasteiger charge is -2.27. The van der Waals surface area contributed by atoms with Gasteiger partial charge in [0.2, 0.25) is 0 Å². The van der Waals surface area contributed by atoms with Crippen LogP contribution in [0.15, 0.2) is 18.2 Å². The predicted octanol–water partition coefficient (Wildman–Crippen LogP) is 2.05. The lowest BCUT2D eigenvalue weighted by atomic mass is 9.90. The van der Waals surface area contributed by atoms with Crippen LogP contribution < -0.4 is 10.1 Å². The Labute approximate surface area is 134 Å². The standard InChI is InChI=1S/C16H19FN2O4/c1-10(2)16(3,9-18)19-14(20)8-23-15(21)12-6-5-11(22-4)7-13(12)17/h5-7,10H,8H2,1-4H3,(H,19,20). The van der Waals surface area contributed by atoms with E-state index in [1.54, 1.807) is 20.8 Å². The van der Waals surface area contributed by atoms with Crippen LogP contribution in [-0.4, -0.2) is 31.1 Å². The first-order chi connectivity index (χ1) is 10.7. The van der Waals surface area contributed by atoms with Gasteiger partial charge < -0.3 is 14.8 Å². The minimum absolute atomic E-state index is 0.133. The van der Waals surface area contributed by atoms with Gasteiger partial charge in [0.1, 0.15) is 17.1 Å². The Morgan fingerprint density at radius 2 is 2.09 bits per heavy atom. The first-order valence-electron chi connectivity index (χ1n) is 6.96. The molecule has 0 saturated heterocycles. The van der Waals surface area contributed by atoms with E-state index in [1.165, 1.54) is 19.2 Å². The third-order valence-corrected chi connectivity index (χ3v) is 3.52. The minimum atomic E-state index is -1.07. The summed E-state index contributed by atoms with van der Waals surface area (Å²) in [6.45, 7) is 4.53. The maximum absolute atomic E-state index is 13.7. The molecule has 0 saturated carbocycles. The van der Waals surface area contributed by atoms with Crippen molar-refractivity contribution in [3.63, 3.8) is 0 Å². The van der Waals surface area contributed by atoms with E-state index < -0.39 is 29.8 Å². The monoisotopic (exact) mass is 322 g/mol. The van der Waals surface area contributed by atoms with Gasteiger partial charge in [-0.2, -0.15) is 5.26 Å². The second-order valence-electron chi connectivity index (χ2n) is 5.44. The van der Waals surface area contributed by atoms with Crippen molar-refractivity contribution in [2.24, 2.45) is 5.92 Å². The normalized spacial score (nSPS) is 12.9. The molecule has 0 heterocycles. The summed E-state index contributed by atoms with van der Waals surface area (Å²) < 4.78 is 23.3. The van der Waals surface area contributed by atoms with Crippen molar-refractivity contribution in [3.8, 4) is 11.8 Å². The van der Waals surface area contributed by atoms with E-state index >= 15 is 0 Å². The first kappa shape index (κ1) is 18.4. The molecule has 1 unspecified atom stereocenters. The van der Waals surface area contributed by atoms with Crippen LogP contribution in [0, 0.1) is 23.1 Å². The number of benzene rings is 1. The fourth-order valence-electron chi connectivity index (χ4n) is 1.62. The number of carbonyl (C=O) groups is 2. The number of carbonyl (C=O) groups excluding carboxylic acids is 2. The van der Waals surface area contributed by atoms with E-state index in [9.17, 15) is 14.0 Å². The molecule has 1 N–H and O–H groups in total. The molecule has 124 valence electrons. The number of nitriles is 1. The second-order valence-corrected chi connectivity index (χ2v) is 5.44. The zero-order chi connectivity index (χ0) is 17.6. The van der Waals surface area contributed by atoms with Gasteiger partial charge >= 0.3 is 5.97 Å². The highest BCUT2D eigenvalue weighted by molar-refractivity contribution is 5.91. The highest BCUT2D eigenvalue weighted by Crippen LogP contribution is 2.17. The molecule has 0 aliphatic heterocycles. The van der Waals surface area contributed by atoms with Crippen LogP contribution in [0.3, 0.4) is 0 Å². The molecule has 7 heteroatoms. The number of nitrogens with zero attached hydrogens (tertiary/aromatic N) is 1. The highest BCUT2D eigenvalue weighted by atomic mass is 19.1. The predicted molar refractivity (Wildman–Crippen MR) is 80.2 cm³/mol. The van der Waals surface area contributed by atoms with Crippen molar-refractivity contribution in [2.45, 2.75) is 26.3 Å². The third kappa shape index (κ3) is 4.68. The van der Waals surface area contributed by atoms with Crippen molar-refractivity contribution < 1.29 is 23.5 Å². The number of nitrogens with one attached hydrogen (secondary N) is 1. The summed E-state index contributed by atoms with van der Waals surface area (Å²) in [7, 11) is 1.37. The quantitative estimate of drug-likeness (QED) is 0.810. The van der Waals surface area contributed by atoms with E-state index in [1.807, 2.05) is 6.07 Å². The molecule has 0 spiro atoms. The molecule has 0 fully saturated rings. The highest BCUT2D eigenvalue weighted by Gasteiger charge is 2.30. The topological polar surface area (TPSA) is 88.4 Å². The fraction of sp³-hybridized carbons (Fsp3) is 0.438. The molecule has 6 nitrogen and oxygen atoms in total. The van der Waals surface area contributed by atoms with Gasteiger partial charge in [-0.05, 0) is 25.0 Å². The summed E-state index contributed by atoms with van der Waals surface area (Å²) in [6.07, 6.45) is 0. The molecule has 0 radical (unpaired) electrons. The third-order valence-electron chi connectivity index (χ3n) is 3.52. The number of halogens is 1. The Morgan fingerprint density at radius 1 is 1.43 bits per heavy atom. The zero-order valence-electron chi connectivity index (χ0n) is 13.5. The number of rotatable bonds is 6. The Bertz CT molecular complexity index is 639. The number of ether oxygens (including phenoxy) is 2. The molecule has 1 amide bonds. The van der Waals surface area contributed by atoms with Crippen LogP contribution in [0.25, 0.3) is 0 Å². The number of hydrogen-bond acceptors (Lipinski definition) is 5. The second kappa shape index (κ2) is 7.58. The van der Waals surface area contributed by atoms with Crippen LogP contribution in [0.1, 0.15) is 31.1 Å². The molecule has 23 heavy (non-hydrogen) atoms. The number of esters is 1. The zero-order valence-corrected chi connectivity index (χ0v) is 13.5. The van der Waals surface area contributed by atoms with Gasteiger partial charge in [0, 0.05) is 6.07 Å². The Balaban J connectivity index is 2.66. The van der Waals surface area contributed by atoms with Crippen molar-refractivity contribution >= 4 is 11.9 Å². The SMILES string of the molecule is COc1ccc(C(=O)OCC(=O)NC(C)(C#N)C(C)C)c(F)c1. The molecule has 0 aliphatic rings. The van der Waals surface area contributed by atoms with E-state index in [-0.39, 0.29) is 17.2 Å². The summed E-state index contributed by atoms with van der Waals surface area (Å²) >= 11 is 0. The summed E-state index contributed by atoms with van der Waals surface area (Å²) in [4.78, 5) is 23.6. The van der Waals surface area contributed by atoms with Crippen molar-refractivity contribution in [1.82, 2.24) is 5.32 Å². The summed E-state index contributed by atoms with van der Waals surface area (Å²) in [5.41, 5.74) is -1.38. The molecule has 0 bridgehead atoms. The van der Waals surface area contributed by atoms with Crippen molar-refractivity contribution in [1.29, 1.82) is 5.26 Å². The Kier molecular flexibility index (Phi) is 6.08. The van der Waals surface area contributed by atoms with Crippen LogP contribution in [0.4, 0.5) is 4.39 Å². The smallest absolute Gasteiger partial charge is 0.341 e. The van der Waals surface area contributed by atoms with E-state index in [2.05, 4.69) is 5.32 Å². The van der Waals surface area contributed by atoms with Crippen LogP contribution in [-0.2, 0) is 9.53 Å². The number of amides is 1. The minimum Gasteiger partial charge on any atom is -0.497 e.